The van der Waals surface area contributed by atoms with Crippen LogP contribution in [0.15, 0.2) is 24.3 Å². The lowest BCUT2D eigenvalue weighted by Crippen LogP contribution is -3.00. The van der Waals surface area contributed by atoms with E-state index in [0.29, 0.717) is 18.1 Å². The van der Waals surface area contributed by atoms with Crippen LogP contribution in [-0.4, -0.2) is 77.4 Å². The lowest BCUT2D eigenvalue weighted by molar-refractivity contribution is -0.130. The van der Waals surface area contributed by atoms with Crippen molar-refractivity contribution < 1.29 is 37.6 Å². The van der Waals surface area contributed by atoms with Gasteiger partial charge < -0.3 is 41.2 Å². The molecule has 35 heavy (non-hydrogen) atoms. The molecule has 4 rings (SSSR count). The van der Waals surface area contributed by atoms with E-state index in [1.807, 2.05) is 17.0 Å². The van der Waals surface area contributed by atoms with E-state index < -0.39 is 0 Å². The Morgan fingerprint density at radius 1 is 0.914 bits per heavy atom. The van der Waals surface area contributed by atoms with Crippen molar-refractivity contribution in [1.82, 2.24) is 9.80 Å². The molecule has 0 N–H and O–H groups in total. The van der Waals surface area contributed by atoms with E-state index in [2.05, 4.69) is 24.1 Å². The second-order valence-corrected chi connectivity index (χ2v) is 9.21. The average Bonchev–Trinajstić information content (AvgIpc) is 2.98. The smallest absolute Gasteiger partial charge is 1.00 e. The number of amides is 1. The zero-order valence-electron chi connectivity index (χ0n) is 22.4. The Morgan fingerprint density at radius 3 is 2.11 bits per heavy atom. The molecule has 0 fully saturated rings. The van der Waals surface area contributed by atoms with E-state index in [4.69, 9.17) is 18.9 Å². The maximum absolute atomic E-state index is 12.9. The zero-order chi connectivity index (χ0) is 24.2. The minimum absolute atomic E-state index is 0. The lowest BCUT2D eigenvalue weighted by Gasteiger charge is -2.34. The van der Waals surface area contributed by atoms with E-state index in [1.54, 1.807) is 28.4 Å². The Bertz CT molecular complexity index is 1050. The van der Waals surface area contributed by atoms with Crippen molar-refractivity contribution in [1.29, 1.82) is 0 Å². The van der Waals surface area contributed by atoms with Crippen LogP contribution in [0.25, 0.3) is 0 Å². The van der Waals surface area contributed by atoms with Crippen molar-refractivity contribution in [3.8, 4) is 23.0 Å². The third-order valence-electron chi connectivity index (χ3n) is 7.10. The minimum Gasteiger partial charge on any atom is -1.00 e. The number of carbonyl (C=O) groups is 1. The molecule has 1 atom stereocenters. The lowest BCUT2D eigenvalue weighted by atomic mass is 9.77. The molecule has 0 spiro atoms. The fourth-order valence-corrected chi connectivity index (χ4v) is 5.15. The van der Waals surface area contributed by atoms with Crippen molar-refractivity contribution in [3.05, 3.63) is 46.5 Å². The van der Waals surface area contributed by atoms with Crippen molar-refractivity contribution >= 4 is 5.91 Å². The van der Waals surface area contributed by atoms with Gasteiger partial charge in [0.05, 0.1) is 34.9 Å². The van der Waals surface area contributed by atoms with Crippen LogP contribution in [0.5, 0.6) is 23.0 Å². The number of methoxy groups -OCH3 is 4. The van der Waals surface area contributed by atoms with Crippen LogP contribution in [0.3, 0.4) is 0 Å². The maximum Gasteiger partial charge on any atom is 1.00 e. The number of nitrogens with zero attached hydrogens (tertiary/aromatic N) is 2. The Hall–Kier alpha value is -2.64. The molecule has 1 aliphatic heterocycles. The Balaban J connectivity index is 0.00000228. The molecule has 2 aliphatic rings. The van der Waals surface area contributed by atoms with Crippen molar-refractivity contribution in [3.63, 3.8) is 0 Å². The van der Waals surface area contributed by atoms with E-state index in [-0.39, 0.29) is 19.7 Å². The van der Waals surface area contributed by atoms with Crippen molar-refractivity contribution in [2.45, 2.75) is 31.6 Å². The molecule has 0 saturated carbocycles. The quantitative estimate of drug-likeness (QED) is 0.467. The summed E-state index contributed by atoms with van der Waals surface area (Å²) in [5.41, 5.74) is 4.91. The van der Waals surface area contributed by atoms with Crippen molar-refractivity contribution in [2.75, 3.05) is 61.7 Å². The highest BCUT2D eigenvalue weighted by Crippen LogP contribution is 2.42. The van der Waals surface area contributed by atoms with Gasteiger partial charge in [0.15, 0.2) is 23.0 Å². The monoisotopic (exact) mass is 504 g/mol. The summed E-state index contributed by atoms with van der Waals surface area (Å²) in [4.78, 5) is 17.3. The SMILES string of the molecule is COc1cc2c(cc1OC)CC(=O)N(CCCN(C)C[C@H]1Cc3cc(OC)c(OC)cc31)CC2.[Cl-].[H+]. The largest absolute Gasteiger partial charge is 1.00 e. The first kappa shape index (κ1) is 27.0. The fraction of sp³-hybridized carbons (Fsp3) is 0.519. The van der Waals surface area contributed by atoms with E-state index in [0.717, 1.165) is 68.3 Å². The number of halogens is 1. The minimum atomic E-state index is 0. The number of benzene rings is 2. The first-order valence-electron chi connectivity index (χ1n) is 11.9. The average molecular weight is 505 g/mol. The molecular weight excluding hydrogens is 468 g/mol. The van der Waals surface area contributed by atoms with Crippen LogP contribution in [0, 0.1) is 0 Å². The first-order valence-corrected chi connectivity index (χ1v) is 11.9. The molecule has 192 valence electrons. The van der Waals surface area contributed by atoms with Crippen LogP contribution >= 0.6 is 0 Å². The normalized spacial score (nSPS) is 16.5. The van der Waals surface area contributed by atoms with Crippen LogP contribution in [0.2, 0.25) is 0 Å². The highest BCUT2D eigenvalue weighted by atomic mass is 35.5. The highest BCUT2D eigenvalue weighted by Gasteiger charge is 2.29. The molecule has 7 nitrogen and oxygen atoms in total. The molecule has 1 aliphatic carbocycles. The molecule has 8 heteroatoms. The number of hydrogen-bond donors (Lipinski definition) is 0. The molecule has 2 aromatic rings. The van der Waals surface area contributed by atoms with Gasteiger partial charge in [0.25, 0.3) is 0 Å². The first-order chi connectivity index (χ1) is 16.5. The summed E-state index contributed by atoms with van der Waals surface area (Å²) >= 11 is 0. The molecule has 2 aromatic carbocycles. The van der Waals surface area contributed by atoms with Gasteiger partial charge in [-0.2, -0.15) is 0 Å². The summed E-state index contributed by atoms with van der Waals surface area (Å²) in [5.74, 6) is 3.69. The topological polar surface area (TPSA) is 60.5 Å². The second kappa shape index (κ2) is 11.9. The third kappa shape index (κ3) is 5.78. The van der Waals surface area contributed by atoms with E-state index in [1.165, 1.54) is 16.7 Å². The predicted octanol–water partition coefficient (Wildman–Crippen LogP) is 0.427. The second-order valence-electron chi connectivity index (χ2n) is 9.21. The molecular formula is C27H37ClN2O5. The molecule has 1 amide bonds. The van der Waals surface area contributed by atoms with Crippen LogP contribution < -0.4 is 31.4 Å². The molecule has 0 saturated heterocycles. The molecule has 1 heterocycles. The molecule has 0 aromatic heterocycles. The van der Waals surface area contributed by atoms with Gasteiger partial charge in [0, 0.05) is 25.6 Å². The summed E-state index contributed by atoms with van der Waals surface area (Å²) < 4.78 is 21.7. The summed E-state index contributed by atoms with van der Waals surface area (Å²) in [6.07, 6.45) is 3.27. The Labute approximate surface area is 216 Å². The van der Waals surface area contributed by atoms with Gasteiger partial charge in [-0.3, -0.25) is 4.79 Å². The summed E-state index contributed by atoms with van der Waals surface area (Å²) in [5, 5.41) is 0. The molecule has 0 radical (unpaired) electrons. The standard InChI is InChI=1S/C27H36N2O5.ClH/c1-28(17-21-11-20-14-25(33-4)26(34-5)16-22(20)21)8-6-9-29-10-7-18-12-23(31-2)24(32-3)13-19(18)15-27(29)30;/h12-14,16,21H,6-11,15,17H2,1-5H3;1H/t21-;/m1./s1. The Kier molecular flexibility index (Phi) is 9.14. The van der Waals surface area contributed by atoms with Gasteiger partial charge in [-0.1, -0.05) is 0 Å². The number of fused-ring (bicyclic) bond motifs is 2. The van der Waals surface area contributed by atoms with Gasteiger partial charge in [-0.15, -0.1) is 0 Å². The van der Waals surface area contributed by atoms with Crippen LogP contribution in [-0.2, 0) is 24.1 Å². The summed E-state index contributed by atoms with van der Waals surface area (Å²) in [6.45, 7) is 3.47. The number of hydrogen-bond acceptors (Lipinski definition) is 6. The van der Waals surface area contributed by atoms with E-state index >= 15 is 0 Å². The highest BCUT2D eigenvalue weighted by molar-refractivity contribution is 5.80. The summed E-state index contributed by atoms with van der Waals surface area (Å²) in [6, 6.07) is 8.18. The fourth-order valence-electron chi connectivity index (χ4n) is 5.15. The number of ether oxygens (including phenoxy) is 4. The van der Waals surface area contributed by atoms with Gasteiger partial charge >= 0.3 is 1.43 Å². The summed E-state index contributed by atoms with van der Waals surface area (Å²) in [7, 11) is 8.79. The number of carbonyl (C=O) groups excluding carboxylic acids is 1. The van der Waals surface area contributed by atoms with Gasteiger partial charge in [-0.05, 0) is 79.4 Å². The van der Waals surface area contributed by atoms with Crippen LogP contribution in [0.1, 0.15) is 36.0 Å². The van der Waals surface area contributed by atoms with Gasteiger partial charge in [-0.25, -0.2) is 0 Å². The molecule has 0 bridgehead atoms. The zero-order valence-corrected chi connectivity index (χ0v) is 22.1. The third-order valence-corrected chi connectivity index (χ3v) is 7.10. The number of likely N-dealkylation sites (N-methyl/N-ethyl adjacent to an activating group) is 1. The maximum atomic E-state index is 12.9. The predicted molar refractivity (Wildman–Crippen MR) is 133 cm³/mol. The Morgan fingerprint density at radius 2 is 1.49 bits per heavy atom. The van der Waals surface area contributed by atoms with E-state index in [9.17, 15) is 4.79 Å². The van der Waals surface area contributed by atoms with Gasteiger partial charge in [0.2, 0.25) is 5.91 Å². The van der Waals surface area contributed by atoms with Gasteiger partial charge in [0.1, 0.15) is 0 Å². The van der Waals surface area contributed by atoms with Crippen LogP contribution in [0.4, 0.5) is 0 Å². The molecule has 0 unspecified atom stereocenters. The van der Waals surface area contributed by atoms with Crippen molar-refractivity contribution in [2.24, 2.45) is 0 Å². The number of rotatable bonds is 10.